The fourth-order valence-corrected chi connectivity index (χ4v) is 4.14. The van der Waals surface area contributed by atoms with Crippen molar-refractivity contribution in [3.8, 4) is 5.75 Å². The van der Waals surface area contributed by atoms with E-state index in [1.165, 1.54) is 12.1 Å². The summed E-state index contributed by atoms with van der Waals surface area (Å²) in [5.41, 5.74) is 2.71. The van der Waals surface area contributed by atoms with Crippen LogP contribution in [0.1, 0.15) is 18.9 Å². The lowest BCUT2D eigenvalue weighted by Gasteiger charge is -2.26. The van der Waals surface area contributed by atoms with Gasteiger partial charge in [-0.1, -0.05) is 12.1 Å². The van der Waals surface area contributed by atoms with E-state index >= 15 is 0 Å². The summed E-state index contributed by atoms with van der Waals surface area (Å²) in [5, 5.41) is 4.28. The summed E-state index contributed by atoms with van der Waals surface area (Å²) in [6.45, 7) is 4.71. The fraction of sp³-hybridized carbons (Fsp3) is 0.417. The van der Waals surface area contributed by atoms with Crippen molar-refractivity contribution in [3.05, 3.63) is 59.9 Å². The van der Waals surface area contributed by atoms with Crippen molar-refractivity contribution in [1.82, 2.24) is 4.90 Å². The Hall–Kier alpha value is -2.74. The molecule has 1 saturated heterocycles. The summed E-state index contributed by atoms with van der Waals surface area (Å²) < 4.78 is 18.7. The number of likely N-dealkylation sites (N-methyl/N-ethyl adjacent to an activating group) is 1. The van der Waals surface area contributed by atoms with Gasteiger partial charge in [0.2, 0.25) is 0 Å². The number of halogens is 1. The van der Waals surface area contributed by atoms with Crippen LogP contribution >= 0.6 is 11.8 Å². The second-order valence-electron chi connectivity index (χ2n) is 7.43. The molecule has 0 aromatic heterocycles. The smallest absolute Gasteiger partial charge is 0.260 e. The Balaban J connectivity index is 1.45. The minimum atomic E-state index is -0.250. The summed E-state index contributed by atoms with van der Waals surface area (Å²) in [6.07, 6.45) is 0.722. The van der Waals surface area contributed by atoms with E-state index in [9.17, 15) is 9.18 Å². The van der Waals surface area contributed by atoms with Crippen LogP contribution in [0.4, 0.5) is 10.1 Å². The highest BCUT2D eigenvalue weighted by atomic mass is 32.2. The maximum atomic E-state index is 13.0. The first kappa shape index (κ1) is 23.9. The lowest BCUT2D eigenvalue weighted by molar-refractivity contribution is -0.132. The molecule has 1 aliphatic heterocycles. The number of carbonyl (C=O) groups excluding carboxylic acids is 1. The molecule has 0 radical (unpaired) electrons. The molecule has 3 rings (SSSR count). The Labute approximate surface area is 193 Å². The van der Waals surface area contributed by atoms with Gasteiger partial charge in [-0.25, -0.2) is 4.39 Å². The van der Waals surface area contributed by atoms with Crippen LogP contribution in [0.15, 0.2) is 53.7 Å². The van der Waals surface area contributed by atoms with E-state index in [1.54, 1.807) is 12.1 Å². The fourth-order valence-electron chi connectivity index (χ4n) is 3.24. The summed E-state index contributed by atoms with van der Waals surface area (Å²) in [4.78, 5) is 21.6. The Morgan fingerprint density at radius 2 is 1.81 bits per heavy atom. The molecule has 2 aromatic rings. The molecule has 8 heteroatoms. The summed E-state index contributed by atoms with van der Waals surface area (Å²) in [6, 6.07) is 13.9. The highest BCUT2D eigenvalue weighted by molar-refractivity contribution is 7.99. The predicted molar refractivity (Wildman–Crippen MR) is 128 cm³/mol. The number of carbonyl (C=O) groups is 1. The third-order valence-corrected chi connectivity index (χ3v) is 6.15. The molecule has 0 atom stereocenters. The van der Waals surface area contributed by atoms with Crippen molar-refractivity contribution >= 4 is 29.1 Å². The van der Waals surface area contributed by atoms with E-state index in [0.717, 1.165) is 48.0 Å². The molecular formula is C24H30FN3O3S. The first-order valence-corrected chi connectivity index (χ1v) is 12.0. The highest BCUT2D eigenvalue weighted by Gasteiger charge is 2.17. The zero-order chi connectivity index (χ0) is 22.8. The van der Waals surface area contributed by atoms with Crippen LogP contribution in [0.25, 0.3) is 0 Å². The van der Waals surface area contributed by atoms with Crippen molar-refractivity contribution < 1.29 is 18.8 Å². The number of oxime groups is 1. The van der Waals surface area contributed by atoms with Gasteiger partial charge in [-0.15, -0.1) is 0 Å². The Morgan fingerprint density at radius 1 is 1.12 bits per heavy atom. The number of benzene rings is 2. The number of rotatable bonds is 10. The first-order chi connectivity index (χ1) is 15.6. The molecule has 0 bridgehead atoms. The molecule has 1 aliphatic rings. The van der Waals surface area contributed by atoms with Crippen molar-refractivity contribution in [2.45, 2.75) is 13.3 Å². The third-order valence-electron chi connectivity index (χ3n) is 5.21. The molecule has 0 aliphatic carbocycles. The van der Waals surface area contributed by atoms with Gasteiger partial charge in [-0.2, -0.15) is 11.8 Å². The quantitative estimate of drug-likeness (QED) is 0.305. The highest BCUT2D eigenvalue weighted by Crippen LogP contribution is 2.16. The Morgan fingerprint density at radius 3 is 2.47 bits per heavy atom. The molecule has 0 spiro atoms. The number of ether oxygens (including phenoxy) is 1. The van der Waals surface area contributed by atoms with Crippen molar-refractivity contribution in [1.29, 1.82) is 0 Å². The van der Waals surface area contributed by atoms with Crippen LogP contribution in [0.5, 0.6) is 5.75 Å². The lowest BCUT2D eigenvalue weighted by Crippen LogP contribution is -2.40. The average Bonchev–Trinajstić information content (AvgIpc) is 2.84. The standard InChI is InChI=1S/C24H30FN3O3S/c1-3-23(26-31-15-12-27(2)21-8-6-20(25)7-9-21)19-4-10-22(11-5-19)30-18-24(29)28-13-16-32-17-14-28/h4-11H,3,12-18H2,1-2H3. The van der Waals surface area contributed by atoms with Crippen LogP contribution in [0.3, 0.4) is 0 Å². The zero-order valence-corrected chi connectivity index (χ0v) is 19.4. The van der Waals surface area contributed by atoms with Gasteiger partial charge < -0.3 is 19.4 Å². The number of thioether (sulfide) groups is 1. The van der Waals surface area contributed by atoms with Gasteiger partial charge in [-0.05, 0) is 60.5 Å². The van der Waals surface area contributed by atoms with Crippen molar-refractivity contribution in [2.75, 3.05) is 56.3 Å². The zero-order valence-electron chi connectivity index (χ0n) is 18.6. The average molecular weight is 460 g/mol. The number of nitrogens with zero attached hydrogens (tertiary/aromatic N) is 3. The normalized spacial score (nSPS) is 14.2. The van der Waals surface area contributed by atoms with Crippen LogP contribution in [0, 0.1) is 5.82 Å². The van der Waals surface area contributed by atoms with Crippen molar-refractivity contribution in [3.63, 3.8) is 0 Å². The lowest BCUT2D eigenvalue weighted by atomic mass is 10.1. The van der Waals surface area contributed by atoms with Gasteiger partial charge in [0.25, 0.3) is 5.91 Å². The van der Waals surface area contributed by atoms with Crippen molar-refractivity contribution in [2.24, 2.45) is 5.16 Å². The van der Waals surface area contributed by atoms with Crippen LogP contribution < -0.4 is 9.64 Å². The molecule has 1 fully saturated rings. The number of anilines is 1. The number of hydrogen-bond donors (Lipinski definition) is 0. The topological polar surface area (TPSA) is 54.4 Å². The van der Waals surface area contributed by atoms with E-state index < -0.39 is 0 Å². The minimum absolute atomic E-state index is 0.0317. The largest absolute Gasteiger partial charge is 0.484 e. The molecule has 6 nitrogen and oxygen atoms in total. The summed E-state index contributed by atoms with van der Waals surface area (Å²) in [7, 11) is 1.93. The van der Waals surface area contributed by atoms with Crippen LogP contribution in [-0.2, 0) is 9.63 Å². The second-order valence-corrected chi connectivity index (χ2v) is 8.65. The minimum Gasteiger partial charge on any atom is -0.484 e. The van der Waals surface area contributed by atoms with Gasteiger partial charge in [-0.3, -0.25) is 4.79 Å². The number of amides is 1. The summed E-state index contributed by atoms with van der Waals surface area (Å²) in [5.74, 6) is 2.42. The van der Waals surface area contributed by atoms with E-state index in [-0.39, 0.29) is 18.3 Å². The molecule has 2 aromatic carbocycles. The summed E-state index contributed by atoms with van der Waals surface area (Å²) >= 11 is 1.87. The van der Waals surface area contributed by atoms with Gasteiger partial charge in [0.1, 0.15) is 18.2 Å². The molecule has 32 heavy (non-hydrogen) atoms. The van der Waals surface area contributed by atoms with E-state index in [0.29, 0.717) is 18.9 Å². The van der Waals surface area contributed by atoms with Crippen LogP contribution in [0.2, 0.25) is 0 Å². The molecule has 0 unspecified atom stereocenters. The monoisotopic (exact) mass is 459 g/mol. The number of hydrogen-bond acceptors (Lipinski definition) is 6. The Kier molecular flexibility index (Phi) is 9.22. The Bertz CT molecular complexity index is 884. The predicted octanol–water partition coefficient (Wildman–Crippen LogP) is 4.05. The van der Waals surface area contributed by atoms with Crippen LogP contribution in [-0.4, -0.2) is 67.9 Å². The molecule has 0 saturated carbocycles. The van der Waals surface area contributed by atoms with Gasteiger partial charge in [0, 0.05) is 37.3 Å². The molecule has 1 amide bonds. The van der Waals surface area contributed by atoms with E-state index in [1.807, 2.05) is 59.8 Å². The van der Waals surface area contributed by atoms with E-state index in [2.05, 4.69) is 5.16 Å². The van der Waals surface area contributed by atoms with E-state index in [4.69, 9.17) is 9.57 Å². The molecule has 172 valence electrons. The SMILES string of the molecule is CCC(=NOCCN(C)c1ccc(F)cc1)c1ccc(OCC(=O)N2CCSCC2)cc1. The van der Waals surface area contributed by atoms with Gasteiger partial charge in [0.15, 0.2) is 6.61 Å². The molecular weight excluding hydrogens is 429 g/mol. The van der Waals surface area contributed by atoms with Gasteiger partial charge in [0.05, 0.1) is 12.3 Å². The maximum absolute atomic E-state index is 13.0. The molecule has 1 heterocycles. The third kappa shape index (κ3) is 7.15. The maximum Gasteiger partial charge on any atom is 0.260 e. The first-order valence-electron chi connectivity index (χ1n) is 10.8. The second kappa shape index (κ2) is 12.3. The molecule has 0 N–H and O–H groups in total. The van der Waals surface area contributed by atoms with Gasteiger partial charge >= 0.3 is 0 Å².